The van der Waals surface area contributed by atoms with Gasteiger partial charge in [0.2, 0.25) is 0 Å². The fourth-order valence-electron chi connectivity index (χ4n) is 3.82. The van der Waals surface area contributed by atoms with Crippen molar-refractivity contribution in [1.29, 1.82) is 0 Å². The summed E-state index contributed by atoms with van der Waals surface area (Å²) < 4.78 is 12.4. The third kappa shape index (κ3) is 4.01. The number of carbonyl (C=O) groups excluding carboxylic acids is 1. The first kappa shape index (κ1) is 21.4. The Balaban J connectivity index is 1.77. The summed E-state index contributed by atoms with van der Waals surface area (Å²) in [5, 5.41) is 8.35. The van der Waals surface area contributed by atoms with Crippen molar-refractivity contribution in [3.05, 3.63) is 71.4 Å². The normalized spacial score (nSPS) is 11.9. The minimum Gasteiger partial charge on any atom is -0.497 e. The molecule has 0 aliphatic rings. The van der Waals surface area contributed by atoms with Crippen molar-refractivity contribution < 1.29 is 14.3 Å². The second kappa shape index (κ2) is 8.70. The van der Waals surface area contributed by atoms with Crippen LogP contribution in [0, 0.1) is 6.92 Å². The number of hydrogen-bond acceptors (Lipinski definition) is 5. The molecule has 0 unspecified atom stereocenters. The van der Waals surface area contributed by atoms with Crippen molar-refractivity contribution >= 4 is 16.9 Å². The van der Waals surface area contributed by atoms with Crippen LogP contribution in [0.1, 0.15) is 34.6 Å². The van der Waals surface area contributed by atoms with Crippen LogP contribution in [0.4, 0.5) is 0 Å². The van der Waals surface area contributed by atoms with Gasteiger partial charge >= 0.3 is 0 Å². The third-order valence-electron chi connectivity index (χ3n) is 5.52. The highest BCUT2D eigenvalue weighted by Crippen LogP contribution is 2.29. The lowest BCUT2D eigenvalue weighted by Crippen LogP contribution is -2.27. The van der Waals surface area contributed by atoms with Gasteiger partial charge in [-0.1, -0.05) is 24.3 Å². The van der Waals surface area contributed by atoms with Crippen molar-refractivity contribution in [3.63, 3.8) is 0 Å². The van der Waals surface area contributed by atoms with Gasteiger partial charge in [0.05, 0.1) is 42.6 Å². The highest BCUT2D eigenvalue weighted by molar-refractivity contribution is 6.07. The molecular formula is C25H26N4O3. The first-order valence-corrected chi connectivity index (χ1v) is 10.3. The van der Waals surface area contributed by atoms with E-state index in [4.69, 9.17) is 14.5 Å². The maximum atomic E-state index is 13.4. The Morgan fingerprint density at radius 3 is 2.44 bits per heavy atom. The average Bonchev–Trinajstić information content (AvgIpc) is 3.11. The second-order valence-electron chi connectivity index (χ2n) is 7.67. The highest BCUT2D eigenvalue weighted by Gasteiger charge is 2.21. The van der Waals surface area contributed by atoms with E-state index in [2.05, 4.69) is 10.4 Å². The summed E-state index contributed by atoms with van der Waals surface area (Å²) in [6.45, 7) is 3.83. The Morgan fingerprint density at radius 2 is 1.72 bits per heavy atom. The van der Waals surface area contributed by atoms with E-state index in [1.807, 2.05) is 75.5 Å². The molecule has 32 heavy (non-hydrogen) atoms. The lowest BCUT2D eigenvalue weighted by Gasteiger charge is -2.16. The van der Waals surface area contributed by atoms with Crippen LogP contribution in [-0.2, 0) is 7.05 Å². The van der Waals surface area contributed by atoms with Gasteiger partial charge in [-0.2, -0.15) is 5.10 Å². The van der Waals surface area contributed by atoms with Gasteiger partial charge in [-0.25, -0.2) is 4.98 Å². The predicted molar refractivity (Wildman–Crippen MR) is 124 cm³/mol. The number of rotatable bonds is 6. The van der Waals surface area contributed by atoms with E-state index in [-0.39, 0.29) is 11.9 Å². The molecule has 0 spiro atoms. The SMILES string of the molecule is COc1cccc(-c2cc(C(=O)N[C@@H](C)c3cccc(OC)c3)c3c(C)nn(C)c3n2)c1. The van der Waals surface area contributed by atoms with E-state index in [1.54, 1.807) is 18.9 Å². The molecule has 0 radical (unpaired) electrons. The smallest absolute Gasteiger partial charge is 0.252 e. The van der Waals surface area contributed by atoms with E-state index in [0.717, 1.165) is 33.7 Å². The van der Waals surface area contributed by atoms with Gasteiger partial charge in [-0.3, -0.25) is 9.48 Å². The topological polar surface area (TPSA) is 78.3 Å². The summed E-state index contributed by atoms with van der Waals surface area (Å²) in [6, 6.07) is 16.9. The molecule has 164 valence electrons. The number of nitrogens with zero attached hydrogens (tertiary/aromatic N) is 3. The second-order valence-corrected chi connectivity index (χ2v) is 7.67. The fourth-order valence-corrected chi connectivity index (χ4v) is 3.82. The molecule has 2 heterocycles. The van der Waals surface area contributed by atoms with Gasteiger partial charge in [0.1, 0.15) is 11.5 Å². The number of methoxy groups -OCH3 is 2. The number of amides is 1. The number of ether oxygens (including phenoxy) is 2. The molecule has 2 aromatic carbocycles. The molecule has 0 aliphatic carbocycles. The number of hydrogen-bond donors (Lipinski definition) is 1. The zero-order valence-corrected chi connectivity index (χ0v) is 18.8. The Morgan fingerprint density at radius 1 is 1.03 bits per heavy atom. The maximum Gasteiger partial charge on any atom is 0.252 e. The molecule has 7 heteroatoms. The minimum atomic E-state index is -0.210. The van der Waals surface area contributed by atoms with E-state index < -0.39 is 0 Å². The number of nitrogens with one attached hydrogen (secondary N) is 1. The third-order valence-corrected chi connectivity index (χ3v) is 5.52. The van der Waals surface area contributed by atoms with Crippen molar-refractivity contribution in [2.45, 2.75) is 19.9 Å². The zero-order chi connectivity index (χ0) is 22.8. The van der Waals surface area contributed by atoms with Crippen molar-refractivity contribution in [2.24, 2.45) is 7.05 Å². The molecule has 0 aliphatic heterocycles. The number of carbonyl (C=O) groups is 1. The lowest BCUT2D eigenvalue weighted by molar-refractivity contribution is 0.0941. The molecule has 4 aromatic rings. The summed E-state index contributed by atoms with van der Waals surface area (Å²) >= 11 is 0. The van der Waals surface area contributed by atoms with Crippen molar-refractivity contribution in [2.75, 3.05) is 14.2 Å². The molecule has 0 saturated carbocycles. The average molecular weight is 431 g/mol. The summed E-state index contributed by atoms with van der Waals surface area (Å²) in [7, 11) is 5.08. The number of benzene rings is 2. The summed E-state index contributed by atoms with van der Waals surface area (Å²) in [5.41, 5.74) is 4.44. The molecule has 1 N–H and O–H groups in total. The molecule has 1 atom stereocenters. The molecule has 0 saturated heterocycles. The van der Waals surface area contributed by atoms with Crippen molar-refractivity contribution in [1.82, 2.24) is 20.1 Å². The molecule has 0 bridgehead atoms. The first-order valence-electron chi connectivity index (χ1n) is 10.3. The minimum absolute atomic E-state index is 0.187. The van der Waals surface area contributed by atoms with Gasteiger partial charge in [0, 0.05) is 12.6 Å². The van der Waals surface area contributed by atoms with Crippen LogP contribution in [0.2, 0.25) is 0 Å². The quantitative estimate of drug-likeness (QED) is 0.489. The Hall–Kier alpha value is -3.87. The van der Waals surface area contributed by atoms with Gasteiger partial charge in [0.25, 0.3) is 5.91 Å². The summed E-state index contributed by atoms with van der Waals surface area (Å²) in [4.78, 5) is 18.2. The van der Waals surface area contributed by atoms with Crippen LogP contribution in [0.25, 0.3) is 22.3 Å². The van der Waals surface area contributed by atoms with E-state index in [0.29, 0.717) is 16.9 Å². The van der Waals surface area contributed by atoms with Crippen LogP contribution in [-0.4, -0.2) is 34.9 Å². The van der Waals surface area contributed by atoms with E-state index >= 15 is 0 Å². The largest absolute Gasteiger partial charge is 0.497 e. The Kier molecular flexibility index (Phi) is 5.81. The van der Waals surface area contributed by atoms with Crippen LogP contribution in [0.15, 0.2) is 54.6 Å². The standard InChI is InChI=1S/C25H26N4O3/c1-15(17-8-6-10-19(12-17)31-4)26-25(30)21-14-22(18-9-7-11-20(13-18)32-5)27-24-23(21)16(2)28-29(24)3/h6-15H,1-5H3,(H,26,30)/t15-/m0/s1. The van der Waals surface area contributed by atoms with Crippen LogP contribution < -0.4 is 14.8 Å². The molecule has 2 aromatic heterocycles. The fraction of sp³-hybridized carbons (Fsp3) is 0.240. The summed E-state index contributed by atoms with van der Waals surface area (Å²) in [6.07, 6.45) is 0. The van der Waals surface area contributed by atoms with Gasteiger partial charge in [0.15, 0.2) is 5.65 Å². The Labute approximate surface area is 187 Å². The van der Waals surface area contributed by atoms with Gasteiger partial charge < -0.3 is 14.8 Å². The number of aromatic nitrogens is 3. The van der Waals surface area contributed by atoms with Gasteiger partial charge in [-0.15, -0.1) is 0 Å². The zero-order valence-electron chi connectivity index (χ0n) is 18.8. The van der Waals surface area contributed by atoms with Gasteiger partial charge in [-0.05, 0) is 49.7 Å². The molecule has 4 rings (SSSR count). The predicted octanol–water partition coefficient (Wildman–Crippen LogP) is 4.45. The van der Waals surface area contributed by atoms with Crippen LogP contribution in [0.3, 0.4) is 0 Å². The van der Waals surface area contributed by atoms with Crippen LogP contribution in [0.5, 0.6) is 11.5 Å². The first-order chi connectivity index (χ1) is 15.4. The van der Waals surface area contributed by atoms with E-state index in [1.165, 1.54) is 0 Å². The number of aryl methyl sites for hydroxylation is 2. The molecular weight excluding hydrogens is 404 g/mol. The molecule has 0 fully saturated rings. The maximum absolute atomic E-state index is 13.4. The number of fused-ring (bicyclic) bond motifs is 1. The monoisotopic (exact) mass is 430 g/mol. The highest BCUT2D eigenvalue weighted by atomic mass is 16.5. The lowest BCUT2D eigenvalue weighted by atomic mass is 10.0. The summed E-state index contributed by atoms with van der Waals surface area (Å²) in [5.74, 6) is 1.29. The number of pyridine rings is 1. The van der Waals surface area contributed by atoms with E-state index in [9.17, 15) is 4.79 Å². The molecule has 1 amide bonds. The van der Waals surface area contributed by atoms with Crippen molar-refractivity contribution in [3.8, 4) is 22.8 Å². The van der Waals surface area contributed by atoms with Crippen LogP contribution >= 0.6 is 0 Å². The molecule has 7 nitrogen and oxygen atoms in total. The Bertz CT molecular complexity index is 1300.